The van der Waals surface area contributed by atoms with Crippen LogP contribution in [-0.2, 0) is 16.4 Å². The fourth-order valence-electron chi connectivity index (χ4n) is 2.90. The number of anilines is 1. The molecular weight excluding hydrogens is 380 g/mol. The van der Waals surface area contributed by atoms with E-state index in [9.17, 15) is 23.3 Å². The zero-order valence-electron chi connectivity index (χ0n) is 15.6. The zero-order chi connectivity index (χ0) is 20.3. The van der Waals surface area contributed by atoms with Gasteiger partial charge in [-0.1, -0.05) is 37.6 Å². The summed E-state index contributed by atoms with van der Waals surface area (Å²) >= 11 is 0. The Bertz CT molecular complexity index is 996. The van der Waals surface area contributed by atoms with Crippen LogP contribution >= 0.6 is 0 Å². The Kier molecular flexibility index (Phi) is 5.79. The molecule has 0 aromatic heterocycles. The molecule has 0 aliphatic heterocycles. The van der Waals surface area contributed by atoms with E-state index >= 15 is 0 Å². The van der Waals surface area contributed by atoms with E-state index in [1.54, 1.807) is 12.1 Å². The molecule has 1 N–H and O–H groups in total. The number of rotatable bonds is 9. The first kappa shape index (κ1) is 20.0. The Morgan fingerprint density at radius 2 is 1.79 bits per heavy atom. The van der Waals surface area contributed by atoms with Crippen LogP contribution in [0.15, 0.2) is 42.5 Å². The largest absolute Gasteiger partial charge is 0.293 e. The second-order valence-electron chi connectivity index (χ2n) is 6.97. The summed E-state index contributed by atoms with van der Waals surface area (Å²) in [7, 11) is -3.68. The molecule has 1 aliphatic rings. The summed E-state index contributed by atoms with van der Waals surface area (Å²) in [5.74, 6) is -0.316. The van der Waals surface area contributed by atoms with E-state index in [1.165, 1.54) is 12.1 Å². The number of ketones is 1. The number of aryl methyl sites for hydroxylation is 1. The molecule has 0 saturated heterocycles. The number of carbonyl (C=O) groups excluding carboxylic acids is 1. The maximum atomic E-state index is 12.8. The van der Waals surface area contributed by atoms with E-state index in [0.717, 1.165) is 30.9 Å². The molecule has 3 rings (SSSR count). The highest BCUT2D eigenvalue weighted by molar-refractivity contribution is 7.93. The Morgan fingerprint density at radius 3 is 2.36 bits per heavy atom. The minimum atomic E-state index is -3.68. The van der Waals surface area contributed by atoms with Gasteiger partial charge in [-0.15, -0.1) is 0 Å². The average Bonchev–Trinajstić information content (AvgIpc) is 3.51. The summed E-state index contributed by atoms with van der Waals surface area (Å²) in [6, 6.07) is 11.0. The van der Waals surface area contributed by atoms with Crippen molar-refractivity contribution in [2.75, 3.05) is 4.72 Å². The topological polar surface area (TPSA) is 106 Å². The lowest BCUT2D eigenvalue weighted by Gasteiger charge is -2.10. The predicted octanol–water partition coefficient (Wildman–Crippen LogP) is 4.07. The zero-order valence-corrected chi connectivity index (χ0v) is 16.4. The molecule has 0 bridgehead atoms. The van der Waals surface area contributed by atoms with Crippen molar-refractivity contribution in [2.45, 2.75) is 44.3 Å². The van der Waals surface area contributed by atoms with Crippen molar-refractivity contribution < 1.29 is 18.1 Å². The normalized spacial score (nSPS) is 13.9. The molecule has 0 atom stereocenters. The standard InChI is InChI=1S/C20H22N2O5S/c1-2-3-4-14-5-7-15(8-6-14)20(23)16-9-12-19(22(24)25)18(13-16)21-28(26,27)17-10-11-17/h5-9,12-13,17,21H,2-4,10-11H2,1H3. The summed E-state index contributed by atoms with van der Waals surface area (Å²) in [4.78, 5) is 23.4. The number of nitro benzene ring substituents is 1. The maximum Gasteiger partial charge on any atom is 0.293 e. The first-order valence-electron chi connectivity index (χ1n) is 9.25. The van der Waals surface area contributed by atoms with Crippen molar-refractivity contribution in [1.29, 1.82) is 0 Å². The van der Waals surface area contributed by atoms with Gasteiger partial charge in [0.25, 0.3) is 5.69 Å². The van der Waals surface area contributed by atoms with Crippen LogP contribution < -0.4 is 4.72 Å². The monoisotopic (exact) mass is 402 g/mol. The molecule has 0 radical (unpaired) electrons. The van der Waals surface area contributed by atoms with E-state index in [1.807, 2.05) is 12.1 Å². The lowest BCUT2D eigenvalue weighted by atomic mass is 10.00. The number of nitrogens with one attached hydrogen (secondary N) is 1. The molecule has 2 aromatic rings. The van der Waals surface area contributed by atoms with Gasteiger partial charge in [0.05, 0.1) is 10.2 Å². The van der Waals surface area contributed by atoms with Crippen LogP contribution in [0.1, 0.15) is 54.1 Å². The van der Waals surface area contributed by atoms with Gasteiger partial charge >= 0.3 is 0 Å². The molecule has 2 aromatic carbocycles. The molecule has 1 fully saturated rings. The SMILES string of the molecule is CCCCc1ccc(C(=O)c2ccc([N+](=O)[O-])c(NS(=O)(=O)C3CC3)c2)cc1. The summed E-state index contributed by atoms with van der Waals surface area (Å²) in [6.45, 7) is 2.11. The van der Waals surface area contributed by atoms with Crippen LogP contribution in [0.5, 0.6) is 0 Å². The lowest BCUT2D eigenvalue weighted by Crippen LogP contribution is -2.18. The highest BCUT2D eigenvalue weighted by Crippen LogP contribution is 2.33. The minimum Gasteiger partial charge on any atom is -0.289 e. The fourth-order valence-corrected chi connectivity index (χ4v) is 4.30. The molecule has 8 heteroatoms. The number of hydrogen-bond acceptors (Lipinski definition) is 5. The van der Waals surface area contributed by atoms with Crippen molar-refractivity contribution in [3.63, 3.8) is 0 Å². The Hall–Kier alpha value is -2.74. The number of unbranched alkanes of at least 4 members (excludes halogenated alkanes) is 1. The molecule has 0 amide bonds. The quantitative estimate of drug-likeness (QED) is 0.386. The van der Waals surface area contributed by atoms with Gasteiger partial charge in [-0.3, -0.25) is 19.6 Å². The smallest absolute Gasteiger partial charge is 0.289 e. The molecule has 1 saturated carbocycles. The molecule has 0 unspecified atom stereocenters. The number of carbonyl (C=O) groups is 1. The number of sulfonamides is 1. The third kappa shape index (κ3) is 4.56. The average molecular weight is 402 g/mol. The van der Waals surface area contributed by atoms with Crippen molar-refractivity contribution in [3.05, 3.63) is 69.3 Å². The van der Waals surface area contributed by atoms with E-state index < -0.39 is 20.2 Å². The van der Waals surface area contributed by atoms with Crippen LogP contribution in [0, 0.1) is 10.1 Å². The Morgan fingerprint density at radius 1 is 1.14 bits per heavy atom. The van der Waals surface area contributed by atoms with E-state index in [2.05, 4.69) is 11.6 Å². The highest BCUT2D eigenvalue weighted by Gasteiger charge is 2.37. The van der Waals surface area contributed by atoms with Gasteiger partial charge in [0, 0.05) is 17.2 Å². The van der Waals surface area contributed by atoms with Gasteiger partial charge in [0.15, 0.2) is 5.78 Å². The fraction of sp³-hybridized carbons (Fsp3) is 0.350. The van der Waals surface area contributed by atoms with E-state index in [-0.39, 0.29) is 22.7 Å². The molecule has 0 spiro atoms. The van der Waals surface area contributed by atoms with Crippen molar-refractivity contribution in [2.24, 2.45) is 0 Å². The van der Waals surface area contributed by atoms with E-state index in [4.69, 9.17) is 0 Å². The molecular formula is C20H22N2O5S. The predicted molar refractivity (Wildman–Crippen MR) is 107 cm³/mol. The van der Waals surface area contributed by atoms with Crippen LogP contribution in [0.25, 0.3) is 0 Å². The van der Waals surface area contributed by atoms with Gasteiger partial charge in [0.2, 0.25) is 10.0 Å². The number of nitrogens with zero attached hydrogens (tertiary/aromatic N) is 1. The second kappa shape index (κ2) is 8.10. The summed E-state index contributed by atoms with van der Waals surface area (Å²) in [6.07, 6.45) is 4.16. The first-order chi connectivity index (χ1) is 13.3. The van der Waals surface area contributed by atoms with Crippen LogP contribution in [-0.4, -0.2) is 24.4 Å². The molecule has 0 heterocycles. The van der Waals surface area contributed by atoms with Crippen molar-refractivity contribution >= 4 is 27.2 Å². The van der Waals surface area contributed by atoms with E-state index in [0.29, 0.717) is 18.4 Å². The summed E-state index contributed by atoms with van der Waals surface area (Å²) < 4.78 is 26.7. The molecule has 1 aliphatic carbocycles. The Balaban J connectivity index is 1.88. The van der Waals surface area contributed by atoms with Crippen molar-refractivity contribution in [3.8, 4) is 0 Å². The maximum absolute atomic E-state index is 12.8. The van der Waals surface area contributed by atoms with Crippen molar-refractivity contribution in [1.82, 2.24) is 0 Å². The second-order valence-corrected chi connectivity index (χ2v) is 8.93. The van der Waals surface area contributed by atoms with Crippen LogP contribution in [0.4, 0.5) is 11.4 Å². The van der Waals surface area contributed by atoms with Crippen LogP contribution in [0.2, 0.25) is 0 Å². The molecule has 7 nitrogen and oxygen atoms in total. The third-order valence-corrected chi connectivity index (χ3v) is 6.56. The number of nitro groups is 1. The lowest BCUT2D eigenvalue weighted by molar-refractivity contribution is -0.383. The number of benzene rings is 2. The highest BCUT2D eigenvalue weighted by atomic mass is 32.2. The van der Waals surface area contributed by atoms with Gasteiger partial charge < -0.3 is 0 Å². The summed E-state index contributed by atoms with van der Waals surface area (Å²) in [5.41, 5.74) is 1.23. The third-order valence-electron chi connectivity index (χ3n) is 4.71. The molecule has 28 heavy (non-hydrogen) atoms. The van der Waals surface area contributed by atoms with Gasteiger partial charge in [-0.2, -0.15) is 0 Å². The van der Waals surface area contributed by atoms with Gasteiger partial charge in [-0.25, -0.2) is 8.42 Å². The van der Waals surface area contributed by atoms with Gasteiger partial charge in [-0.05, 0) is 43.4 Å². The van der Waals surface area contributed by atoms with Gasteiger partial charge in [0.1, 0.15) is 5.69 Å². The molecule has 148 valence electrons. The minimum absolute atomic E-state index is 0.178. The first-order valence-corrected chi connectivity index (χ1v) is 10.8. The summed E-state index contributed by atoms with van der Waals surface area (Å²) in [5, 5.41) is 10.7. The Labute approximate surface area is 164 Å². The van der Waals surface area contributed by atoms with Crippen LogP contribution in [0.3, 0.4) is 0 Å². The number of hydrogen-bond donors (Lipinski definition) is 1.